The lowest BCUT2D eigenvalue weighted by molar-refractivity contribution is 0.389. The molecule has 0 saturated carbocycles. The molecule has 1 heterocycles. The predicted molar refractivity (Wildman–Crippen MR) is 95.5 cm³/mol. The molecular weight excluding hydrogens is 336 g/mol. The quantitative estimate of drug-likeness (QED) is 0.825. The van der Waals surface area contributed by atoms with Crippen molar-refractivity contribution in [2.45, 2.75) is 24.6 Å². The molecule has 0 unspecified atom stereocenters. The largest absolute Gasteiger partial charge is 0.497 e. The molecule has 1 aliphatic heterocycles. The smallest absolute Gasteiger partial charge is 0.218 e. The first-order valence-corrected chi connectivity index (χ1v) is 9.77. The fourth-order valence-electron chi connectivity index (χ4n) is 3.22. The molecule has 25 heavy (non-hydrogen) atoms. The van der Waals surface area contributed by atoms with Crippen LogP contribution >= 0.6 is 0 Å². The number of nitriles is 1. The first kappa shape index (κ1) is 17.5. The van der Waals surface area contributed by atoms with E-state index in [1.807, 2.05) is 30.3 Å². The lowest BCUT2D eigenvalue weighted by atomic mass is 10.1. The maximum atomic E-state index is 12.9. The third-order valence-corrected chi connectivity index (χ3v) is 6.32. The topological polar surface area (TPSA) is 70.4 Å². The third kappa shape index (κ3) is 3.84. The van der Waals surface area contributed by atoms with Crippen molar-refractivity contribution in [1.82, 2.24) is 4.31 Å². The summed E-state index contributed by atoms with van der Waals surface area (Å²) in [6.07, 6.45) is 1.65. The highest BCUT2D eigenvalue weighted by atomic mass is 32.2. The fraction of sp³-hybridized carbons (Fsp3) is 0.316. The fourth-order valence-corrected chi connectivity index (χ4v) is 5.03. The van der Waals surface area contributed by atoms with E-state index in [1.54, 1.807) is 35.7 Å². The molecule has 2 aromatic rings. The van der Waals surface area contributed by atoms with Gasteiger partial charge in [0.25, 0.3) is 0 Å². The molecule has 5 nitrogen and oxygen atoms in total. The average molecular weight is 356 g/mol. The molecule has 130 valence electrons. The van der Waals surface area contributed by atoms with Crippen LogP contribution in [0.4, 0.5) is 0 Å². The van der Waals surface area contributed by atoms with Crippen LogP contribution in [-0.2, 0) is 15.8 Å². The number of rotatable bonds is 5. The van der Waals surface area contributed by atoms with Gasteiger partial charge in [-0.3, -0.25) is 0 Å². The van der Waals surface area contributed by atoms with Crippen LogP contribution in [0.2, 0.25) is 0 Å². The Morgan fingerprint density at radius 1 is 1.24 bits per heavy atom. The first-order chi connectivity index (χ1) is 12.0. The van der Waals surface area contributed by atoms with E-state index in [4.69, 9.17) is 10.00 Å². The normalized spacial score (nSPS) is 18.0. The summed E-state index contributed by atoms with van der Waals surface area (Å²) in [7, 11) is -1.84. The van der Waals surface area contributed by atoms with Gasteiger partial charge in [-0.25, -0.2) is 8.42 Å². The Bertz CT molecular complexity index is 886. The highest BCUT2D eigenvalue weighted by Crippen LogP contribution is 2.36. The second kappa shape index (κ2) is 7.26. The van der Waals surface area contributed by atoms with Crippen LogP contribution in [0.3, 0.4) is 0 Å². The van der Waals surface area contributed by atoms with E-state index < -0.39 is 10.0 Å². The Hall–Kier alpha value is -2.36. The van der Waals surface area contributed by atoms with Crippen LogP contribution in [0.15, 0.2) is 48.5 Å². The lowest BCUT2D eigenvalue weighted by Gasteiger charge is -2.24. The van der Waals surface area contributed by atoms with Crippen molar-refractivity contribution in [3.63, 3.8) is 0 Å². The van der Waals surface area contributed by atoms with Crippen LogP contribution < -0.4 is 4.74 Å². The minimum atomic E-state index is -3.44. The summed E-state index contributed by atoms with van der Waals surface area (Å²) >= 11 is 0. The summed E-state index contributed by atoms with van der Waals surface area (Å²) in [6, 6.07) is 16.2. The molecule has 1 fully saturated rings. The standard InChI is InChI=1S/C19H20N2O3S/c1-24-18-5-2-4-17(12-18)19-6-3-11-21(19)25(22,23)14-16-9-7-15(13-20)8-10-16/h2,4-5,7-10,12,19H,3,6,11,14H2,1H3/t19-/m0/s1. The molecule has 6 heteroatoms. The van der Waals surface area contributed by atoms with Crippen LogP contribution in [0.25, 0.3) is 0 Å². The summed E-state index contributed by atoms with van der Waals surface area (Å²) in [5, 5.41) is 8.85. The predicted octanol–water partition coefficient (Wildman–Crippen LogP) is 3.23. The summed E-state index contributed by atoms with van der Waals surface area (Å²) in [4.78, 5) is 0. The summed E-state index contributed by atoms with van der Waals surface area (Å²) in [6.45, 7) is 0.528. The Morgan fingerprint density at radius 2 is 2.00 bits per heavy atom. The summed E-state index contributed by atoms with van der Waals surface area (Å²) < 4.78 is 32.7. The van der Waals surface area contributed by atoms with E-state index in [-0.39, 0.29) is 11.8 Å². The van der Waals surface area contributed by atoms with Gasteiger partial charge < -0.3 is 4.74 Å². The van der Waals surface area contributed by atoms with Crippen molar-refractivity contribution in [2.75, 3.05) is 13.7 Å². The molecule has 3 rings (SSSR count). The minimum Gasteiger partial charge on any atom is -0.497 e. The van der Waals surface area contributed by atoms with Crippen molar-refractivity contribution >= 4 is 10.0 Å². The van der Waals surface area contributed by atoms with Gasteiger partial charge >= 0.3 is 0 Å². The van der Waals surface area contributed by atoms with Crippen molar-refractivity contribution in [2.24, 2.45) is 0 Å². The van der Waals surface area contributed by atoms with Crippen molar-refractivity contribution < 1.29 is 13.2 Å². The van der Waals surface area contributed by atoms with Gasteiger partial charge in [0, 0.05) is 12.6 Å². The Morgan fingerprint density at radius 3 is 2.68 bits per heavy atom. The summed E-state index contributed by atoms with van der Waals surface area (Å²) in [5.41, 5.74) is 2.17. The third-order valence-electron chi connectivity index (χ3n) is 4.47. The Kier molecular flexibility index (Phi) is 5.07. The zero-order valence-corrected chi connectivity index (χ0v) is 14.9. The van der Waals surface area contributed by atoms with Crippen molar-refractivity contribution in [3.8, 4) is 11.8 Å². The molecule has 0 spiro atoms. The van der Waals surface area contributed by atoms with Gasteiger partial charge in [0.1, 0.15) is 5.75 Å². The van der Waals surface area contributed by atoms with Crippen LogP contribution in [0.5, 0.6) is 5.75 Å². The van der Waals surface area contributed by atoms with Gasteiger partial charge in [-0.2, -0.15) is 9.57 Å². The number of nitrogens with zero attached hydrogens (tertiary/aromatic N) is 2. The van der Waals surface area contributed by atoms with Crippen LogP contribution in [-0.4, -0.2) is 26.4 Å². The molecular formula is C19H20N2O3S. The second-order valence-corrected chi connectivity index (χ2v) is 8.03. The average Bonchev–Trinajstić information content (AvgIpc) is 3.13. The first-order valence-electron chi connectivity index (χ1n) is 8.16. The molecule has 1 aliphatic rings. The lowest BCUT2D eigenvalue weighted by Crippen LogP contribution is -2.31. The van der Waals surface area contributed by atoms with Gasteiger partial charge in [0.15, 0.2) is 0 Å². The highest BCUT2D eigenvalue weighted by Gasteiger charge is 2.35. The van der Waals surface area contributed by atoms with E-state index in [9.17, 15) is 8.42 Å². The molecule has 1 saturated heterocycles. The molecule has 0 bridgehead atoms. The monoisotopic (exact) mass is 356 g/mol. The van der Waals surface area contributed by atoms with Crippen molar-refractivity contribution in [3.05, 3.63) is 65.2 Å². The molecule has 2 aromatic carbocycles. The maximum Gasteiger partial charge on any atom is 0.218 e. The van der Waals surface area contributed by atoms with E-state index in [0.717, 1.165) is 24.2 Å². The number of sulfonamides is 1. The SMILES string of the molecule is COc1cccc([C@@H]2CCCN2S(=O)(=O)Cc2ccc(C#N)cc2)c1. The number of ether oxygens (including phenoxy) is 1. The van der Waals surface area contributed by atoms with Crippen LogP contribution in [0.1, 0.15) is 35.6 Å². The Balaban J connectivity index is 1.83. The Labute approximate surface area is 148 Å². The van der Waals surface area contributed by atoms with Crippen molar-refractivity contribution in [1.29, 1.82) is 5.26 Å². The molecule has 0 aliphatic carbocycles. The molecule has 0 amide bonds. The van der Waals surface area contributed by atoms with Gasteiger partial charge in [0.05, 0.1) is 24.5 Å². The number of methoxy groups -OCH3 is 1. The number of hydrogen-bond donors (Lipinski definition) is 0. The number of hydrogen-bond acceptors (Lipinski definition) is 4. The van der Waals surface area contributed by atoms with Gasteiger partial charge in [-0.1, -0.05) is 24.3 Å². The van der Waals surface area contributed by atoms with E-state index >= 15 is 0 Å². The van der Waals surface area contributed by atoms with Gasteiger partial charge in [-0.15, -0.1) is 0 Å². The molecule has 1 atom stereocenters. The molecule has 0 N–H and O–H groups in total. The van der Waals surface area contributed by atoms with E-state index in [2.05, 4.69) is 0 Å². The molecule has 0 radical (unpaired) electrons. The molecule has 0 aromatic heterocycles. The van der Waals surface area contributed by atoms with Gasteiger partial charge in [0.2, 0.25) is 10.0 Å². The van der Waals surface area contributed by atoms with Crippen LogP contribution in [0, 0.1) is 11.3 Å². The highest BCUT2D eigenvalue weighted by molar-refractivity contribution is 7.88. The van der Waals surface area contributed by atoms with E-state index in [1.165, 1.54) is 0 Å². The van der Waals surface area contributed by atoms with E-state index in [0.29, 0.717) is 17.7 Å². The zero-order valence-electron chi connectivity index (χ0n) is 14.1. The summed E-state index contributed by atoms with van der Waals surface area (Å²) in [5.74, 6) is 0.674. The zero-order chi connectivity index (χ0) is 17.9. The number of benzene rings is 2. The maximum absolute atomic E-state index is 12.9. The minimum absolute atomic E-state index is 0.0564. The second-order valence-electron chi connectivity index (χ2n) is 6.11. The van der Waals surface area contributed by atoms with Gasteiger partial charge in [-0.05, 0) is 48.2 Å².